The van der Waals surface area contributed by atoms with E-state index in [9.17, 15) is 0 Å². The van der Waals surface area contributed by atoms with Gasteiger partial charge < -0.3 is 15.2 Å². The van der Waals surface area contributed by atoms with Crippen LogP contribution in [0, 0.1) is 5.92 Å². The van der Waals surface area contributed by atoms with Gasteiger partial charge in [-0.3, -0.25) is 0 Å². The maximum Gasteiger partial charge on any atom is 0.0468 e. The summed E-state index contributed by atoms with van der Waals surface area (Å²) in [6, 6.07) is 0.375. The van der Waals surface area contributed by atoms with E-state index < -0.39 is 0 Å². The van der Waals surface area contributed by atoms with Crippen molar-refractivity contribution in [2.75, 3.05) is 26.4 Å². The summed E-state index contributed by atoms with van der Waals surface area (Å²) >= 11 is 0. The predicted octanol–water partition coefficient (Wildman–Crippen LogP) is 3.12. The van der Waals surface area contributed by atoms with E-state index in [4.69, 9.17) is 15.2 Å². The zero-order valence-electron chi connectivity index (χ0n) is 12.0. The van der Waals surface area contributed by atoms with Crippen molar-refractivity contribution in [3.63, 3.8) is 0 Å². The summed E-state index contributed by atoms with van der Waals surface area (Å²) in [6.45, 7) is 5.67. The molecule has 1 unspecified atom stereocenters. The van der Waals surface area contributed by atoms with Crippen LogP contribution in [0.15, 0.2) is 0 Å². The van der Waals surface area contributed by atoms with Gasteiger partial charge in [0.25, 0.3) is 0 Å². The van der Waals surface area contributed by atoms with Crippen LogP contribution in [0.3, 0.4) is 0 Å². The Bertz CT molecular complexity index is 181. The molecular formula is C15H31NO2. The number of ether oxygens (including phenoxy) is 2. The second-order valence-electron chi connectivity index (χ2n) is 5.44. The van der Waals surface area contributed by atoms with Crippen LogP contribution >= 0.6 is 0 Å². The lowest BCUT2D eigenvalue weighted by atomic mass is 9.93. The molecule has 0 aromatic carbocycles. The van der Waals surface area contributed by atoms with Gasteiger partial charge in [0.15, 0.2) is 0 Å². The molecule has 3 heteroatoms. The lowest BCUT2D eigenvalue weighted by molar-refractivity contribution is 0.0630. The van der Waals surface area contributed by atoms with Gasteiger partial charge in [-0.2, -0.15) is 0 Å². The molecule has 0 bridgehead atoms. The Hall–Kier alpha value is -0.120. The van der Waals surface area contributed by atoms with E-state index in [1.807, 2.05) is 6.92 Å². The van der Waals surface area contributed by atoms with Crippen molar-refractivity contribution in [2.45, 2.75) is 64.3 Å². The fourth-order valence-corrected chi connectivity index (χ4v) is 2.61. The Labute approximate surface area is 112 Å². The molecule has 1 aliphatic heterocycles. The third-order valence-corrected chi connectivity index (χ3v) is 3.85. The Morgan fingerprint density at radius 3 is 2.61 bits per heavy atom. The van der Waals surface area contributed by atoms with Crippen molar-refractivity contribution in [3.05, 3.63) is 0 Å². The number of hydrogen-bond acceptors (Lipinski definition) is 3. The summed E-state index contributed by atoms with van der Waals surface area (Å²) in [7, 11) is 0. The first-order valence-electron chi connectivity index (χ1n) is 7.74. The highest BCUT2D eigenvalue weighted by Crippen LogP contribution is 2.21. The SMILES string of the molecule is CCOCCCC(N)CCCCC1CCOCC1. The molecule has 18 heavy (non-hydrogen) atoms. The molecule has 3 nitrogen and oxygen atoms in total. The smallest absolute Gasteiger partial charge is 0.0468 e. The Morgan fingerprint density at radius 2 is 1.89 bits per heavy atom. The molecule has 0 aromatic heterocycles. The molecule has 0 radical (unpaired) electrons. The molecule has 1 saturated heterocycles. The molecule has 0 spiro atoms. The van der Waals surface area contributed by atoms with E-state index in [2.05, 4.69) is 0 Å². The van der Waals surface area contributed by atoms with Gasteiger partial charge >= 0.3 is 0 Å². The van der Waals surface area contributed by atoms with Crippen molar-refractivity contribution in [1.82, 2.24) is 0 Å². The first-order chi connectivity index (χ1) is 8.83. The molecule has 0 amide bonds. The van der Waals surface area contributed by atoms with Crippen molar-refractivity contribution >= 4 is 0 Å². The second-order valence-corrected chi connectivity index (χ2v) is 5.44. The fourth-order valence-electron chi connectivity index (χ4n) is 2.61. The lowest BCUT2D eigenvalue weighted by Crippen LogP contribution is -2.20. The average Bonchev–Trinajstić information content (AvgIpc) is 2.41. The highest BCUT2D eigenvalue weighted by Gasteiger charge is 2.13. The number of nitrogens with two attached hydrogens (primary N) is 1. The molecule has 1 atom stereocenters. The van der Waals surface area contributed by atoms with Gasteiger partial charge in [-0.1, -0.05) is 19.3 Å². The quantitative estimate of drug-likeness (QED) is 0.612. The molecule has 1 aliphatic rings. The van der Waals surface area contributed by atoms with Crippen LogP contribution in [-0.2, 0) is 9.47 Å². The van der Waals surface area contributed by atoms with Crippen LogP contribution in [-0.4, -0.2) is 32.5 Å². The van der Waals surface area contributed by atoms with Crippen LogP contribution in [0.2, 0.25) is 0 Å². The first kappa shape index (κ1) is 15.9. The molecule has 1 fully saturated rings. The minimum atomic E-state index is 0.375. The van der Waals surface area contributed by atoms with Gasteiger partial charge in [-0.25, -0.2) is 0 Å². The van der Waals surface area contributed by atoms with Gasteiger partial charge in [0.1, 0.15) is 0 Å². The summed E-state index contributed by atoms with van der Waals surface area (Å²) in [4.78, 5) is 0. The molecule has 0 saturated carbocycles. The van der Waals surface area contributed by atoms with E-state index in [0.717, 1.165) is 45.2 Å². The number of hydrogen-bond donors (Lipinski definition) is 1. The maximum atomic E-state index is 6.10. The van der Waals surface area contributed by atoms with Gasteiger partial charge in [0, 0.05) is 32.5 Å². The van der Waals surface area contributed by atoms with Gasteiger partial charge in [0.2, 0.25) is 0 Å². The molecule has 1 heterocycles. The monoisotopic (exact) mass is 257 g/mol. The summed E-state index contributed by atoms with van der Waals surface area (Å²) in [5.74, 6) is 0.910. The molecule has 2 N–H and O–H groups in total. The van der Waals surface area contributed by atoms with Crippen LogP contribution in [0.1, 0.15) is 58.3 Å². The van der Waals surface area contributed by atoms with Crippen molar-refractivity contribution < 1.29 is 9.47 Å². The Balaban J connectivity index is 1.86. The molecule has 1 rings (SSSR count). The van der Waals surface area contributed by atoms with Crippen molar-refractivity contribution in [2.24, 2.45) is 11.7 Å². The van der Waals surface area contributed by atoms with E-state index in [1.165, 1.54) is 38.5 Å². The molecule has 0 aliphatic carbocycles. The average molecular weight is 257 g/mol. The lowest BCUT2D eigenvalue weighted by Gasteiger charge is -2.22. The summed E-state index contributed by atoms with van der Waals surface area (Å²) in [6.07, 6.45) is 9.91. The molecule has 0 aromatic rings. The van der Waals surface area contributed by atoms with Crippen molar-refractivity contribution in [1.29, 1.82) is 0 Å². The zero-order valence-corrected chi connectivity index (χ0v) is 12.0. The Kier molecular flexibility index (Phi) is 9.54. The fraction of sp³-hybridized carbons (Fsp3) is 1.00. The van der Waals surface area contributed by atoms with E-state index >= 15 is 0 Å². The summed E-state index contributed by atoms with van der Waals surface area (Å²) < 4.78 is 10.7. The van der Waals surface area contributed by atoms with Crippen molar-refractivity contribution in [3.8, 4) is 0 Å². The highest BCUT2D eigenvalue weighted by atomic mass is 16.5. The largest absolute Gasteiger partial charge is 0.382 e. The minimum absolute atomic E-state index is 0.375. The zero-order chi connectivity index (χ0) is 13.1. The number of unbranched alkanes of at least 4 members (excludes halogenated alkanes) is 1. The highest BCUT2D eigenvalue weighted by molar-refractivity contribution is 4.66. The van der Waals surface area contributed by atoms with E-state index in [1.54, 1.807) is 0 Å². The Morgan fingerprint density at radius 1 is 1.17 bits per heavy atom. The predicted molar refractivity (Wildman–Crippen MR) is 75.7 cm³/mol. The van der Waals surface area contributed by atoms with Crippen LogP contribution < -0.4 is 5.73 Å². The van der Waals surface area contributed by atoms with E-state index in [-0.39, 0.29) is 0 Å². The minimum Gasteiger partial charge on any atom is -0.382 e. The standard InChI is InChI=1S/C15H31NO2/c1-2-17-11-5-8-15(16)7-4-3-6-14-9-12-18-13-10-14/h14-15H,2-13,16H2,1H3. The van der Waals surface area contributed by atoms with Gasteiger partial charge in [-0.05, 0) is 44.9 Å². The number of rotatable bonds is 10. The van der Waals surface area contributed by atoms with Crippen LogP contribution in [0.5, 0.6) is 0 Å². The van der Waals surface area contributed by atoms with Crippen LogP contribution in [0.4, 0.5) is 0 Å². The topological polar surface area (TPSA) is 44.5 Å². The molecule has 108 valence electrons. The molecular weight excluding hydrogens is 226 g/mol. The normalized spacial score (nSPS) is 19.0. The van der Waals surface area contributed by atoms with Gasteiger partial charge in [-0.15, -0.1) is 0 Å². The maximum absolute atomic E-state index is 6.10. The van der Waals surface area contributed by atoms with E-state index in [0.29, 0.717) is 6.04 Å². The second kappa shape index (κ2) is 10.8. The first-order valence-corrected chi connectivity index (χ1v) is 7.74. The third-order valence-electron chi connectivity index (χ3n) is 3.85. The summed E-state index contributed by atoms with van der Waals surface area (Å²) in [5.41, 5.74) is 6.10. The van der Waals surface area contributed by atoms with Gasteiger partial charge in [0.05, 0.1) is 0 Å². The summed E-state index contributed by atoms with van der Waals surface area (Å²) in [5, 5.41) is 0. The van der Waals surface area contributed by atoms with Crippen LogP contribution in [0.25, 0.3) is 0 Å². The third kappa shape index (κ3) is 8.06.